The van der Waals surface area contributed by atoms with Crippen molar-refractivity contribution in [1.82, 2.24) is 0 Å². The minimum atomic E-state index is -4.05. The fourth-order valence-corrected chi connectivity index (χ4v) is 8.48. The highest BCUT2D eigenvalue weighted by atomic mass is 31.2. The molecule has 11 heteroatoms. The predicted octanol–water partition coefficient (Wildman–Crippen LogP) is 14.5. The Bertz CT molecular complexity index is 1060. The SMILES string of the molecule is [C-]#[N+]CCOP(=O)(OCCCC[N+](C)(C)C)OCC(COC(=O)CCCCCCCCCCCCCCCCC)OC(=O)CCCCCCCCCCCCCCCCC. The van der Waals surface area contributed by atoms with Gasteiger partial charge in [-0.15, -0.1) is 0 Å². The second-order valence-corrected chi connectivity index (χ2v) is 19.9. The maximum absolute atomic E-state index is 13.6. The molecule has 0 saturated heterocycles. The number of phosphoric acid groups is 1. The largest absolute Gasteiger partial charge is 0.475 e. The van der Waals surface area contributed by atoms with Crippen LogP contribution in [-0.4, -0.2) is 83.2 Å². The van der Waals surface area contributed by atoms with E-state index < -0.39 is 19.9 Å². The van der Waals surface area contributed by atoms with E-state index in [1.165, 1.54) is 154 Å². The van der Waals surface area contributed by atoms with Gasteiger partial charge in [0.25, 0.3) is 0 Å². The van der Waals surface area contributed by atoms with Gasteiger partial charge in [0.05, 0.1) is 40.9 Å². The minimum absolute atomic E-state index is 0.00675. The van der Waals surface area contributed by atoms with Crippen molar-refractivity contribution in [3.63, 3.8) is 0 Å². The van der Waals surface area contributed by atoms with Crippen molar-refractivity contribution >= 4 is 19.8 Å². The zero-order valence-corrected chi connectivity index (χ0v) is 40.9. The quantitative estimate of drug-likeness (QED) is 0.0196. The number of hydrogen-bond acceptors (Lipinski definition) is 8. The van der Waals surface area contributed by atoms with Gasteiger partial charge in [-0.2, -0.15) is 0 Å². The Kier molecular flexibility index (Phi) is 41.7. The van der Waals surface area contributed by atoms with E-state index in [0.29, 0.717) is 12.8 Å². The zero-order valence-electron chi connectivity index (χ0n) is 40.0. The van der Waals surface area contributed by atoms with Crippen LogP contribution in [0.2, 0.25) is 0 Å². The number of carbonyl (C=O) groups excluding carboxylic acids is 2. The van der Waals surface area contributed by atoms with Crippen molar-refractivity contribution in [3.8, 4) is 0 Å². The van der Waals surface area contributed by atoms with Gasteiger partial charge < -0.3 is 18.8 Å². The van der Waals surface area contributed by atoms with Crippen LogP contribution in [0.5, 0.6) is 0 Å². The minimum Gasteiger partial charge on any atom is -0.462 e. The van der Waals surface area contributed by atoms with Crippen molar-refractivity contribution < 1.29 is 41.7 Å². The van der Waals surface area contributed by atoms with E-state index in [-0.39, 0.29) is 45.4 Å². The van der Waals surface area contributed by atoms with E-state index in [2.05, 4.69) is 39.8 Å². The maximum Gasteiger partial charge on any atom is 0.475 e. The predicted molar refractivity (Wildman–Crippen MR) is 249 cm³/mol. The van der Waals surface area contributed by atoms with Crippen molar-refractivity contribution in [2.24, 2.45) is 0 Å². The molecule has 2 atom stereocenters. The molecule has 0 aliphatic carbocycles. The highest BCUT2D eigenvalue weighted by Gasteiger charge is 2.30. The summed E-state index contributed by atoms with van der Waals surface area (Å²) >= 11 is 0. The summed E-state index contributed by atoms with van der Waals surface area (Å²) in [5.41, 5.74) is 0. The van der Waals surface area contributed by atoms with Crippen molar-refractivity contribution in [2.45, 2.75) is 238 Å². The van der Waals surface area contributed by atoms with Gasteiger partial charge in [-0.1, -0.05) is 194 Å². The monoisotopic (exact) mass is 872 g/mol. The molecule has 60 heavy (non-hydrogen) atoms. The van der Waals surface area contributed by atoms with Gasteiger partial charge in [0, 0.05) is 12.8 Å². The molecule has 0 aromatic rings. The molecule has 0 bridgehead atoms. The lowest BCUT2D eigenvalue weighted by Crippen LogP contribution is -2.35. The Morgan fingerprint density at radius 1 is 0.500 bits per heavy atom. The van der Waals surface area contributed by atoms with Gasteiger partial charge in [-0.3, -0.25) is 23.2 Å². The first kappa shape index (κ1) is 58.5. The smallest absolute Gasteiger partial charge is 0.462 e. The van der Waals surface area contributed by atoms with Crippen LogP contribution < -0.4 is 0 Å². The molecule has 0 rings (SSSR count). The van der Waals surface area contributed by atoms with Crippen LogP contribution in [0.25, 0.3) is 4.85 Å². The summed E-state index contributed by atoms with van der Waals surface area (Å²) in [5.74, 6) is -0.750. The average molecular weight is 872 g/mol. The van der Waals surface area contributed by atoms with Crippen molar-refractivity contribution in [2.75, 3.05) is 60.7 Å². The molecule has 0 aromatic carbocycles. The number of carbonyl (C=O) groups is 2. The first-order valence-electron chi connectivity index (χ1n) is 25.1. The fourth-order valence-electron chi connectivity index (χ4n) is 7.25. The average Bonchev–Trinajstić information content (AvgIpc) is 3.21. The van der Waals surface area contributed by atoms with Gasteiger partial charge in [0.15, 0.2) is 6.10 Å². The normalized spacial score (nSPS) is 13.2. The van der Waals surface area contributed by atoms with E-state index >= 15 is 0 Å². The number of rotatable bonds is 47. The van der Waals surface area contributed by atoms with Crippen LogP contribution in [0.1, 0.15) is 232 Å². The Labute approximate surface area is 370 Å². The molecule has 2 unspecified atom stereocenters. The number of quaternary nitrogens is 1. The number of ether oxygens (including phenoxy) is 2. The topological polar surface area (TPSA) is 102 Å². The number of unbranched alkanes of at least 4 members (excludes halogenated alkanes) is 29. The maximum atomic E-state index is 13.6. The van der Waals surface area contributed by atoms with Crippen LogP contribution >= 0.6 is 7.82 Å². The number of hydrogen-bond donors (Lipinski definition) is 0. The Morgan fingerprint density at radius 3 is 1.28 bits per heavy atom. The highest BCUT2D eigenvalue weighted by molar-refractivity contribution is 7.48. The Morgan fingerprint density at radius 2 is 0.883 bits per heavy atom. The lowest BCUT2D eigenvalue weighted by molar-refractivity contribution is -0.870. The molecule has 0 spiro atoms. The van der Waals surface area contributed by atoms with Gasteiger partial charge in [0.1, 0.15) is 13.2 Å². The second-order valence-electron chi connectivity index (χ2n) is 18.2. The van der Waals surface area contributed by atoms with Crippen LogP contribution in [0.4, 0.5) is 0 Å². The van der Waals surface area contributed by atoms with Crippen LogP contribution in [0.3, 0.4) is 0 Å². The van der Waals surface area contributed by atoms with E-state index in [1.54, 1.807) is 0 Å². The molecule has 354 valence electrons. The Balaban J connectivity index is 4.70. The molecule has 0 saturated carbocycles. The lowest BCUT2D eigenvalue weighted by Gasteiger charge is -2.24. The molecule has 0 radical (unpaired) electrons. The van der Waals surface area contributed by atoms with E-state index in [9.17, 15) is 14.2 Å². The van der Waals surface area contributed by atoms with Crippen molar-refractivity contribution in [3.05, 3.63) is 11.4 Å². The third kappa shape index (κ3) is 43.2. The molecular formula is C49H96N2O8P+. The first-order chi connectivity index (χ1) is 29.0. The summed E-state index contributed by atoms with van der Waals surface area (Å²) in [7, 11) is 2.27. The molecular weight excluding hydrogens is 776 g/mol. The number of nitrogens with zero attached hydrogens (tertiary/aromatic N) is 2. The molecule has 0 aliphatic heterocycles. The summed E-state index contributed by atoms with van der Waals surface area (Å²) in [6, 6.07) is 0. The third-order valence-corrected chi connectivity index (χ3v) is 12.5. The Hall–Kier alpha value is -1.50. The van der Waals surface area contributed by atoms with Crippen LogP contribution in [-0.2, 0) is 37.2 Å². The molecule has 0 heterocycles. The molecule has 0 aromatic heterocycles. The van der Waals surface area contributed by atoms with Gasteiger partial charge in [0.2, 0.25) is 6.54 Å². The van der Waals surface area contributed by atoms with E-state index in [4.69, 9.17) is 29.6 Å². The summed E-state index contributed by atoms with van der Waals surface area (Å²) in [6.07, 6.45) is 38.6. The summed E-state index contributed by atoms with van der Waals surface area (Å²) in [4.78, 5) is 28.9. The number of esters is 2. The lowest BCUT2D eigenvalue weighted by atomic mass is 10.0. The highest BCUT2D eigenvalue weighted by Crippen LogP contribution is 2.49. The fraction of sp³-hybridized carbons (Fsp3) is 0.939. The third-order valence-electron chi connectivity index (χ3n) is 11.0. The molecule has 10 nitrogen and oxygen atoms in total. The summed E-state index contributed by atoms with van der Waals surface area (Å²) in [6.45, 7) is 12.1. The van der Waals surface area contributed by atoms with Crippen molar-refractivity contribution in [1.29, 1.82) is 0 Å². The van der Waals surface area contributed by atoms with E-state index in [1.807, 2.05) is 0 Å². The van der Waals surface area contributed by atoms with Crippen LogP contribution in [0.15, 0.2) is 0 Å². The number of phosphoric ester groups is 1. The van der Waals surface area contributed by atoms with Gasteiger partial charge in [-0.05, 0) is 25.7 Å². The molecule has 0 amide bonds. The standard InChI is InChI=1S/C49H96N2O8P/c1-7-9-11-13-15-17-19-21-23-25-27-29-31-33-35-39-48(52)55-45-47(46-58-60(54,57-44-41-50-3)56-43-38-37-42-51(4,5)6)59-49(53)40-36-34-32-30-28-26-24-22-20-18-16-14-12-10-8-2/h47H,7-46H2,1-2,4-6H3/q+1. The molecule has 0 fully saturated rings. The van der Waals surface area contributed by atoms with Crippen LogP contribution in [0, 0.1) is 6.57 Å². The van der Waals surface area contributed by atoms with E-state index in [0.717, 1.165) is 56.0 Å². The van der Waals surface area contributed by atoms with Gasteiger partial charge in [-0.25, -0.2) is 11.1 Å². The molecule has 0 N–H and O–H groups in total. The molecule has 0 aliphatic rings. The second kappa shape index (κ2) is 42.8. The first-order valence-corrected chi connectivity index (χ1v) is 26.5. The summed E-state index contributed by atoms with van der Waals surface area (Å²) < 4.78 is 42.4. The zero-order chi connectivity index (χ0) is 44.3. The van der Waals surface area contributed by atoms with Gasteiger partial charge >= 0.3 is 19.8 Å². The summed E-state index contributed by atoms with van der Waals surface area (Å²) in [5, 5.41) is 0.